The van der Waals surface area contributed by atoms with Gasteiger partial charge in [-0.15, -0.1) is 0 Å². The lowest BCUT2D eigenvalue weighted by atomic mass is 9.87. The van der Waals surface area contributed by atoms with Crippen molar-refractivity contribution in [3.63, 3.8) is 0 Å². The van der Waals surface area contributed by atoms with Crippen LogP contribution >= 0.6 is 0 Å². The van der Waals surface area contributed by atoms with Crippen molar-refractivity contribution in [1.29, 1.82) is 5.26 Å². The van der Waals surface area contributed by atoms with Crippen molar-refractivity contribution in [2.75, 3.05) is 0 Å². The van der Waals surface area contributed by atoms with E-state index in [4.69, 9.17) is 10.00 Å². The Labute approximate surface area is 200 Å². The molecular weight excluding hydrogens is 430 g/mol. The lowest BCUT2D eigenvalue weighted by Gasteiger charge is -2.21. The zero-order valence-electron chi connectivity index (χ0n) is 20.7. The minimum Gasteiger partial charge on any atom is -0.475 e. The number of carbonyl (C=O) groups excluding carboxylic acids is 2. The molecule has 2 N–H and O–H groups in total. The predicted molar refractivity (Wildman–Crippen MR) is 131 cm³/mol. The molecule has 0 aliphatic carbocycles. The number of rotatable bonds is 8. The number of amides is 1. The number of nitrogens with one attached hydrogen (secondary N) is 2. The maximum Gasteiger partial charge on any atom is 0.220 e. The van der Waals surface area contributed by atoms with Gasteiger partial charge in [-0.1, -0.05) is 31.2 Å². The number of carbonyl (C=O) groups is 2. The number of hydrogen-bond donors (Lipinski definition) is 2. The maximum atomic E-state index is 12.1. The Morgan fingerprint density at radius 1 is 1.24 bits per heavy atom. The first-order valence-corrected chi connectivity index (χ1v) is 11.3. The zero-order valence-corrected chi connectivity index (χ0v) is 20.7. The fraction of sp³-hybridized carbons (Fsp3) is 0.423. The lowest BCUT2D eigenvalue weighted by Crippen LogP contribution is -2.41. The minimum absolute atomic E-state index is 0.0912. The van der Waals surface area contributed by atoms with Gasteiger partial charge in [-0.3, -0.25) is 14.7 Å². The number of pyridine rings is 1. The van der Waals surface area contributed by atoms with E-state index in [1.165, 1.54) is 0 Å². The molecule has 0 bridgehead atoms. The number of hydrogen-bond acceptors (Lipinski definition) is 6. The van der Waals surface area contributed by atoms with E-state index in [-0.39, 0.29) is 23.7 Å². The molecule has 34 heavy (non-hydrogen) atoms. The average Bonchev–Trinajstić information content (AvgIpc) is 3.26. The summed E-state index contributed by atoms with van der Waals surface area (Å²) >= 11 is 0. The molecular formula is C26H33N5O3. The Balaban J connectivity index is 0.000000347. The van der Waals surface area contributed by atoms with E-state index < -0.39 is 5.54 Å². The second-order valence-electron chi connectivity index (χ2n) is 8.77. The summed E-state index contributed by atoms with van der Waals surface area (Å²) in [5, 5.41) is 17.8. The third kappa shape index (κ3) is 7.69. The molecule has 0 aliphatic rings. The summed E-state index contributed by atoms with van der Waals surface area (Å²) in [4.78, 5) is 27.3. The van der Waals surface area contributed by atoms with Crippen molar-refractivity contribution >= 4 is 22.7 Å². The molecule has 2 unspecified atom stereocenters. The summed E-state index contributed by atoms with van der Waals surface area (Å²) in [6.45, 7) is 10.7. The molecule has 3 rings (SSSR count). The molecule has 0 saturated carbocycles. The van der Waals surface area contributed by atoms with Gasteiger partial charge < -0.3 is 10.1 Å². The smallest absolute Gasteiger partial charge is 0.220 e. The highest BCUT2D eigenvalue weighted by atomic mass is 16.5. The number of aromatic amines is 1. The zero-order chi connectivity index (χ0) is 25.3. The molecule has 0 spiro atoms. The molecule has 1 amide bonds. The van der Waals surface area contributed by atoms with Crippen LogP contribution < -0.4 is 10.1 Å². The van der Waals surface area contributed by atoms with E-state index in [0.717, 1.165) is 22.2 Å². The predicted octanol–water partition coefficient (Wildman–Crippen LogP) is 4.61. The molecule has 3 aromatic rings. The summed E-state index contributed by atoms with van der Waals surface area (Å²) < 4.78 is 5.93. The molecule has 2 heterocycles. The summed E-state index contributed by atoms with van der Waals surface area (Å²) in [5.74, 6) is 0.437. The Bertz CT molecular complexity index is 1160. The third-order valence-corrected chi connectivity index (χ3v) is 5.27. The Hall–Kier alpha value is -3.73. The van der Waals surface area contributed by atoms with Crippen LogP contribution in [-0.4, -0.2) is 38.5 Å². The van der Waals surface area contributed by atoms with E-state index >= 15 is 0 Å². The van der Waals surface area contributed by atoms with Crippen LogP contribution in [0.3, 0.4) is 0 Å². The number of fused-ring (bicyclic) bond motifs is 1. The molecule has 1 aromatic carbocycles. The van der Waals surface area contributed by atoms with Gasteiger partial charge in [0, 0.05) is 18.4 Å². The summed E-state index contributed by atoms with van der Waals surface area (Å²) in [7, 11) is 0. The van der Waals surface area contributed by atoms with Crippen molar-refractivity contribution in [2.45, 2.75) is 71.9 Å². The van der Waals surface area contributed by atoms with E-state index in [0.29, 0.717) is 18.7 Å². The highest BCUT2D eigenvalue weighted by Crippen LogP contribution is 2.27. The van der Waals surface area contributed by atoms with Crippen molar-refractivity contribution in [3.05, 3.63) is 53.7 Å². The molecule has 8 heteroatoms. The number of ketones is 1. The van der Waals surface area contributed by atoms with Crippen LogP contribution in [-0.2, 0) is 9.59 Å². The van der Waals surface area contributed by atoms with Gasteiger partial charge in [0.2, 0.25) is 11.8 Å². The summed E-state index contributed by atoms with van der Waals surface area (Å²) in [5.41, 5.74) is 3.10. The SMILES string of the molecule is CC(=O)C(CC(C)Oc1ccc2[nH]ncc2n1)c1ccccc1C.CCC(=O)NC(C)(C)C#N. The molecule has 0 saturated heterocycles. The van der Waals surface area contributed by atoms with Gasteiger partial charge in [-0.05, 0) is 58.2 Å². The fourth-order valence-corrected chi connectivity index (χ4v) is 3.42. The van der Waals surface area contributed by atoms with Crippen LogP contribution in [0.25, 0.3) is 11.0 Å². The second kappa shape index (κ2) is 11.9. The molecule has 2 aromatic heterocycles. The first-order chi connectivity index (χ1) is 16.1. The largest absolute Gasteiger partial charge is 0.475 e. The number of benzene rings is 1. The number of Topliss-reactive ketones (excluding diaryl/α,β-unsaturated/α-hetero) is 1. The van der Waals surface area contributed by atoms with Gasteiger partial charge in [0.25, 0.3) is 0 Å². The topological polar surface area (TPSA) is 121 Å². The van der Waals surface area contributed by atoms with Crippen LogP contribution in [0.1, 0.15) is 64.5 Å². The van der Waals surface area contributed by atoms with Crippen molar-refractivity contribution in [1.82, 2.24) is 20.5 Å². The number of nitriles is 1. The molecule has 180 valence electrons. The van der Waals surface area contributed by atoms with Crippen LogP contribution in [0.5, 0.6) is 5.88 Å². The Morgan fingerprint density at radius 2 is 1.94 bits per heavy atom. The molecule has 8 nitrogen and oxygen atoms in total. The van der Waals surface area contributed by atoms with Gasteiger partial charge in [0.1, 0.15) is 16.8 Å². The first-order valence-electron chi connectivity index (χ1n) is 11.3. The number of ether oxygens (including phenoxy) is 1. The Kier molecular flexibility index (Phi) is 9.31. The van der Waals surface area contributed by atoms with Gasteiger partial charge >= 0.3 is 0 Å². The van der Waals surface area contributed by atoms with E-state index in [2.05, 4.69) is 20.5 Å². The molecule has 0 radical (unpaired) electrons. The van der Waals surface area contributed by atoms with E-state index in [1.54, 1.807) is 33.9 Å². The van der Waals surface area contributed by atoms with Gasteiger partial charge in [0.05, 0.1) is 23.9 Å². The van der Waals surface area contributed by atoms with Gasteiger partial charge in [-0.2, -0.15) is 10.4 Å². The van der Waals surface area contributed by atoms with Gasteiger partial charge in [0.15, 0.2) is 0 Å². The number of aromatic nitrogens is 3. The fourth-order valence-electron chi connectivity index (χ4n) is 3.42. The summed E-state index contributed by atoms with van der Waals surface area (Å²) in [6, 6.07) is 13.7. The highest BCUT2D eigenvalue weighted by Gasteiger charge is 2.22. The second-order valence-corrected chi connectivity index (χ2v) is 8.77. The highest BCUT2D eigenvalue weighted by molar-refractivity contribution is 5.83. The average molecular weight is 464 g/mol. The first kappa shape index (κ1) is 26.5. The molecule has 0 aliphatic heterocycles. The number of aryl methyl sites for hydroxylation is 1. The molecule has 0 fully saturated rings. The van der Waals surface area contributed by atoms with E-state index in [9.17, 15) is 9.59 Å². The van der Waals surface area contributed by atoms with Crippen LogP contribution in [0.2, 0.25) is 0 Å². The van der Waals surface area contributed by atoms with Crippen LogP contribution in [0.15, 0.2) is 42.6 Å². The van der Waals surface area contributed by atoms with Crippen molar-refractivity contribution in [3.8, 4) is 11.9 Å². The number of nitrogens with zero attached hydrogens (tertiary/aromatic N) is 3. The number of H-pyrrole nitrogens is 1. The maximum absolute atomic E-state index is 12.1. The Morgan fingerprint density at radius 3 is 2.56 bits per heavy atom. The van der Waals surface area contributed by atoms with E-state index in [1.807, 2.05) is 56.3 Å². The monoisotopic (exact) mass is 463 g/mol. The standard InChI is InChI=1S/C19H21N3O2.C7H12N2O/c1-12-6-4-5-7-15(12)16(14(3)23)10-13(2)24-19-9-8-17-18(21-19)11-20-22-17;1-4-6(10)9-7(2,3)5-8/h4-9,11,13,16H,10H2,1-3H3,(H,20,22);4H2,1-3H3,(H,9,10). The van der Waals surface area contributed by atoms with Gasteiger partial charge in [-0.25, -0.2) is 4.98 Å². The lowest BCUT2D eigenvalue weighted by molar-refractivity contribution is -0.122. The quantitative estimate of drug-likeness (QED) is 0.503. The minimum atomic E-state index is -0.729. The normalized spacial score (nSPS) is 12.6. The van der Waals surface area contributed by atoms with Crippen molar-refractivity contribution < 1.29 is 14.3 Å². The van der Waals surface area contributed by atoms with Crippen LogP contribution in [0.4, 0.5) is 0 Å². The molecule has 2 atom stereocenters. The van der Waals surface area contributed by atoms with Crippen molar-refractivity contribution in [2.24, 2.45) is 0 Å². The summed E-state index contributed by atoms with van der Waals surface area (Å²) in [6.07, 6.45) is 2.57. The van der Waals surface area contributed by atoms with Crippen LogP contribution in [0, 0.1) is 18.3 Å². The third-order valence-electron chi connectivity index (χ3n) is 5.27.